The second-order valence-corrected chi connectivity index (χ2v) is 7.01. The summed E-state index contributed by atoms with van der Waals surface area (Å²) in [6, 6.07) is 0. The molecule has 0 radical (unpaired) electrons. The van der Waals surface area contributed by atoms with Gasteiger partial charge in [-0.1, -0.05) is 44.2 Å². The molecule has 0 aromatic carbocycles. The minimum Gasteiger partial charge on any atom is -0.478 e. The van der Waals surface area contributed by atoms with Gasteiger partial charge < -0.3 is 15.3 Å². The zero-order chi connectivity index (χ0) is 19.5. The minimum atomic E-state index is -0.910. The van der Waals surface area contributed by atoms with Gasteiger partial charge in [0.1, 0.15) is 0 Å². The fraction of sp³-hybridized carbons (Fsp3) is 0.571. The van der Waals surface area contributed by atoms with Gasteiger partial charge in [0.15, 0.2) is 0 Å². The normalized spacial score (nSPS) is 15.1. The highest BCUT2D eigenvalue weighted by atomic mass is 16.4. The van der Waals surface area contributed by atoms with Gasteiger partial charge in [0.05, 0.1) is 12.2 Å². The molecule has 0 saturated heterocycles. The summed E-state index contributed by atoms with van der Waals surface area (Å²) < 4.78 is 0. The van der Waals surface area contributed by atoms with E-state index in [2.05, 4.69) is 27.0 Å². The average Bonchev–Trinajstić information content (AvgIpc) is 2.55. The van der Waals surface area contributed by atoms with Crippen LogP contribution in [0.3, 0.4) is 0 Å². The van der Waals surface area contributed by atoms with Crippen LogP contribution in [0.25, 0.3) is 0 Å². The van der Waals surface area contributed by atoms with Crippen LogP contribution in [0.2, 0.25) is 0 Å². The van der Waals surface area contributed by atoms with E-state index in [9.17, 15) is 20.1 Å². The van der Waals surface area contributed by atoms with Crippen molar-refractivity contribution < 1.29 is 20.1 Å². The number of rotatable bonds is 13. The summed E-state index contributed by atoms with van der Waals surface area (Å²) in [4.78, 5) is 11.3. The summed E-state index contributed by atoms with van der Waals surface area (Å²) in [5, 5.41) is 28.6. The Morgan fingerprint density at radius 3 is 2.28 bits per heavy atom. The summed E-state index contributed by atoms with van der Waals surface area (Å²) in [5.74, 6) is -0.542. The van der Waals surface area contributed by atoms with Crippen molar-refractivity contribution in [3.8, 4) is 0 Å². The summed E-state index contributed by atoms with van der Waals surface area (Å²) >= 11 is 0. The quantitative estimate of drug-likeness (QED) is 0.340. The summed E-state index contributed by atoms with van der Waals surface area (Å²) in [7, 11) is 0. The van der Waals surface area contributed by atoms with Gasteiger partial charge in [-0.15, -0.1) is 6.58 Å². The van der Waals surface area contributed by atoms with Gasteiger partial charge >= 0.3 is 5.97 Å². The van der Waals surface area contributed by atoms with Gasteiger partial charge in [0.25, 0.3) is 0 Å². The Labute approximate surface area is 152 Å². The SMILES string of the molecule is C=CC(C)(O)CCC=C(CO)CCC=C(CCC(=C)C(C)C)C(=O)O. The predicted molar refractivity (Wildman–Crippen MR) is 103 cm³/mol. The third kappa shape index (κ3) is 10.7. The second kappa shape index (κ2) is 11.8. The first kappa shape index (κ1) is 23.4. The van der Waals surface area contributed by atoms with E-state index in [4.69, 9.17) is 0 Å². The van der Waals surface area contributed by atoms with E-state index in [0.717, 1.165) is 11.1 Å². The maximum atomic E-state index is 11.3. The lowest BCUT2D eigenvalue weighted by Gasteiger charge is -2.17. The Morgan fingerprint density at radius 1 is 1.16 bits per heavy atom. The van der Waals surface area contributed by atoms with E-state index in [-0.39, 0.29) is 6.61 Å². The van der Waals surface area contributed by atoms with Crippen molar-refractivity contribution >= 4 is 5.97 Å². The molecule has 0 bridgehead atoms. The Morgan fingerprint density at radius 2 is 1.80 bits per heavy atom. The molecule has 0 saturated carbocycles. The molecule has 0 aliphatic heterocycles. The minimum absolute atomic E-state index is 0.0589. The second-order valence-electron chi connectivity index (χ2n) is 7.01. The first-order valence-corrected chi connectivity index (χ1v) is 8.87. The molecular weight excluding hydrogens is 316 g/mol. The van der Waals surface area contributed by atoms with Crippen molar-refractivity contribution in [2.75, 3.05) is 6.61 Å². The molecule has 0 aromatic heterocycles. The van der Waals surface area contributed by atoms with E-state index in [1.807, 2.05) is 6.08 Å². The number of carboxylic acid groups (broad SMARTS) is 1. The van der Waals surface area contributed by atoms with Crippen molar-refractivity contribution in [1.82, 2.24) is 0 Å². The van der Waals surface area contributed by atoms with Gasteiger partial charge in [-0.05, 0) is 56.9 Å². The van der Waals surface area contributed by atoms with Crippen LogP contribution in [0.5, 0.6) is 0 Å². The maximum absolute atomic E-state index is 11.3. The largest absolute Gasteiger partial charge is 0.478 e. The highest BCUT2D eigenvalue weighted by Gasteiger charge is 2.13. The van der Waals surface area contributed by atoms with Crippen LogP contribution in [0.15, 0.2) is 48.1 Å². The molecule has 3 N–H and O–H groups in total. The molecule has 4 heteroatoms. The first-order valence-electron chi connectivity index (χ1n) is 8.87. The number of hydrogen-bond donors (Lipinski definition) is 3. The van der Waals surface area contributed by atoms with Crippen molar-refractivity contribution in [1.29, 1.82) is 0 Å². The molecule has 0 amide bonds. The first-order chi connectivity index (χ1) is 11.6. The summed E-state index contributed by atoms with van der Waals surface area (Å²) in [6.45, 7) is 13.3. The Bertz CT molecular complexity index is 510. The Kier molecular flexibility index (Phi) is 11.0. The van der Waals surface area contributed by atoms with Gasteiger partial charge in [-0.25, -0.2) is 4.79 Å². The number of carbonyl (C=O) groups is 1. The third-order valence-corrected chi connectivity index (χ3v) is 4.39. The average molecular weight is 350 g/mol. The molecule has 4 nitrogen and oxygen atoms in total. The smallest absolute Gasteiger partial charge is 0.331 e. The molecule has 0 fully saturated rings. The lowest BCUT2D eigenvalue weighted by atomic mass is 9.96. The predicted octanol–water partition coefficient (Wildman–Crippen LogP) is 4.41. The third-order valence-electron chi connectivity index (χ3n) is 4.39. The standard InChI is InChI=1S/C21H34O4/c1-6-21(5,25)14-8-10-18(15-22)9-7-11-19(20(23)24)13-12-17(4)16(2)3/h6,10-11,16,22,25H,1,4,7-9,12-15H2,2-3,5H3,(H,23,24). The molecule has 142 valence electrons. The van der Waals surface area contributed by atoms with Crippen LogP contribution in [-0.2, 0) is 4.79 Å². The van der Waals surface area contributed by atoms with E-state index >= 15 is 0 Å². The molecular formula is C21H34O4. The topological polar surface area (TPSA) is 77.8 Å². The zero-order valence-electron chi connectivity index (χ0n) is 15.9. The molecule has 0 aliphatic carbocycles. The van der Waals surface area contributed by atoms with Crippen LogP contribution < -0.4 is 0 Å². The van der Waals surface area contributed by atoms with Crippen molar-refractivity contribution in [3.05, 3.63) is 48.1 Å². The van der Waals surface area contributed by atoms with Gasteiger partial charge in [-0.2, -0.15) is 0 Å². The Hall–Kier alpha value is -1.65. The van der Waals surface area contributed by atoms with Crippen molar-refractivity contribution in [2.45, 2.75) is 64.9 Å². The summed E-state index contributed by atoms with van der Waals surface area (Å²) in [6.07, 6.45) is 8.65. The van der Waals surface area contributed by atoms with Crippen LogP contribution in [0, 0.1) is 5.92 Å². The van der Waals surface area contributed by atoms with Crippen LogP contribution in [0.4, 0.5) is 0 Å². The number of carboxylic acids is 1. The van der Waals surface area contributed by atoms with Gasteiger partial charge in [0.2, 0.25) is 0 Å². The maximum Gasteiger partial charge on any atom is 0.331 e. The molecule has 0 rings (SSSR count). The number of allylic oxidation sites excluding steroid dienone is 3. The number of hydrogen-bond acceptors (Lipinski definition) is 3. The summed E-state index contributed by atoms with van der Waals surface area (Å²) in [5.41, 5.74) is 1.39. The lowest BCUT2D eigenvalue weighted by Crippen LogP contribution is -2.19. The fourth-order valence-corrected chi connectivity index (χ4v) is 2.23. The van der Waals surface area contributed by atoms with Crippen LogP contribution in [0.1, 0.15) is 59.3 Å². The van der Waals surface area contributed by atoms with E-state index in [0.29, 0.717) is 50.0 Å². The molecule has 1 unspecified atom stereocenters. The number of aliphatic hydroxyl groups is 2. The molecule has 1 atom stereocenters. The van der Waals surface area contributed by atoms with Crippen LogP contribution >= 0.6 is 0 Å². The monoisotopic (exact) mass is 350 g/mol. The van der Waals surface area contributed by atoms with Gasteiger partial charge in [-0.3, -0.25) is 0 Å². The van der Waals surface area contributed by atoms with E-state index < -0.39 is 11.6 Å². The van der Waals surface area contributed by atoms with E-state index in [1.54, 1.807) is 13.0 Å². The van der Waals surface area contributed by atoms with E-state index in [1.165, 1.54) is 6.08 Å². The molecule has 25 heavy (non-hydrogen) atoms. The highest BCUT2D eigenvalue weighted by Crippen LogP contribution is 2.19. The molecule has 0 spiro atoms. The lowest BCUT2D eigenvalue weighted by molar-refractivity contribution is -0.132. The molecule has 0 aromatic rings. The van der Waals surface area contributed by atoms with Crippen LogP contribution in [-0.4, -0.2) is 33.5 Å². The molecule has 0 aliphatic rings. The Balaban J connectivity index is 4.59. The fourth-order valence-electron chi connectivity index (χ4n) is 2.23. The molecule has 0 heterocycles. The number of aliphatic hydroxyl groups excluding tert-OH is 1. The zero-order valence-corrected chi connectivity index (χ0v) is 15.9. The van der Waals surface area contributed by atoms with Gasteiger partial charge in [0, 0.05) is 5.57 Å². The number of aliphatic carboxylic acids is 1. The van der Waals surface area contributed by atoms with Crippen molar-refractivity contribution in [3.63, 3.8) is 0 Å². The highest BCUT2D eigenvalue weighted by molar-refractivity contribution is 5.86. The van der Waals surface area contributed by atoms with Crippen molar-refractivity contribution in [2.24, 2.45) is 5.92 Å².